The van der Waals surface area contributed by atoms with Gasteiger partial charge in [-0.2, -0.15) is 5.10 Å². The second kappa shape index (κ2) is 5.10. The molecule has 0 spiro atoms. The van der Waals surface area contributed by atoms with Crippen LogP contribution < -0.4 is 10.5 Å². The third kappa shape index (κ3) is 2.82. The molecule has 0 bridgehead atoms. The van der Waals surface area contributed by atoms with Crippen LogP contribution in [-0.4, -0.2) is 18.6 Å². The van der Waals surface area contributed by atoms with E-state index in [9.17, 15) is 8.42 Å². The fourth-order valence-corrected chi connectivity index (χ4v) is 3.05. The molecule has 1 heterocycles. The molecule has 8 heteroatoms. The number of nitrogens with zero attached hydrogens (tertiary/aromatic N) is 1. The highest BCUT2D eigenvalue weighted by Crippen LogP contribution is 2.25. The van der Waals surface area contributed by atoms with E-state index in [-0.39, 0.29) is 10.6 Å². The third-order valence-corrected chi connectivity index (χ3v) is 4.24. The molecule has 0 aliphatic rings. The number of H-pyrrole nitrogens is 1. The highest BCUT2D eigenvalue weighted by molar-refractivity contribution is 7.92. The van der Waals surface area contributed by atoms with E-state index in [1.54, 1.807) is 6.20 Å². The van der Waals surface area contributed by atoms with Crippen molar-refractivity contribution >= 4 is 33.1 Å². The van der Waals surface area contributed by atoms with Crippen LogP contribution in [0.1, 0.15) is 12.5 Å². The maximum Gasteiger partial charge on any atom is 0.265 e. The molecule has 0 radical (unpaired) electrons. The molecule has 6 nitrogen and oxygen atoms in total. The summed E-state index contributed by atoms with van der Waals surface area (Å²) in [6.07, 6.45) is 2.22. The number of nitrogens with one attached hydrogen (secondary N) is 2. The largest absolute Gasteiger partial charge is 0.398 e. The van der Waals surface area contributed by atoms with Crippen LogP contribution in [-0.2, 0) is 16.4 Å². The number of aromatic amines is 1. The summed E-state index contributed by atoms with van der Waals surface area (Å²) >= 11 is 5.80. The first-order chi connectivity index (χ1) is 8.94. The van der Waals surface area contributed by atoms with Gasteiger partial charge in [0.2, 0.25) is 0 Å². The molecule has 0 aliphatic heterocycles. The Bertz CT molecular complexity index is 696. The lowest BCUT2D eigenvalue weighted by Crippen LogP contribution is -2.16. The van der Waals surface area contributed by atoms with Crippen LogP contribution in [0.2, 0.25) is 5.02 Å². The molecule has 0 unspecified atom stereocenters. The predicted molar refractivity (Wildman–Crippen MR) is 74.6 cm³/mol. The highest BCUT2D eigenvalue weighted by atomic mass is 35.5. The fraction of sp³-hybridized carbons (Fsp3) is 0.182. The lowest BCUT2D eigenvalue weighted by molar-refractivity contribution is 0.601. The molecule has 0 aliphatic carbocycles. The summed E-state index contributed by atoms with van der Waals surface area (Å²) in [7, 11) is -3.80. The zero-order chi connectivity index (χ0) is 14.0. The van der Waals surface area contributed by atoms with Gasteiger partial charge in [-0.3, -0.25) is 9.82 Å². The lowest BCUT2D eigenvalue weighted by Gasteiger charge is -2.10. The first-order valence-corrected chi connectivity index (χ1v) is 7.40. The van der Waals surface area contributed by atoms with E-state index in [1.165, 1.54) is 18.2 Å². The summed E-state index contributed by atoms with van der Waals surface area (Å²) in [5.74, 6) is 0.335. The summed E-state index contributed by atoms with van der Waals surface area (Å²) < 4.78 is 26.9. The monoisotopic (exact) mass is 300 g/mol. The number of aromatic nitrogens is 2. The molecule has 0 amide bonds. The molecule has 1 aromatic carbocycles. The van der Waals surface area contributed by atoms with Crippen molar-refractivity contribution in [3.63, 3.8) is 0 Å². The van der Waals surface area contributed by atoms with Gasteiger partial charge in [-0.15, -0.1) is 0 Å². The number of halogens is 1. The minimum Gasteiger partial charge on any atom is -0.398 e. The van der Waals surface area contributed by atoms with Crippen LogP contribution in [0.25, 0.3) is 0 Å². The maximum atomic E-state index is 12.2. The topological polar surface area (TPSA) is 101 Å². The van der Waals surface area contributed by atoms with Crippen molar-refractivity contribution in [1.82, 2.24) is 10.2 Å². The molecular formula is C11H13ClN4O2S. The van der Waals surface area contributed by atoms with Gasteiger partial charge in [0.25, 0.3) is 10.0 Å². The zero-order valence-corrected chi connectivity index (χ0v) is 11.7. The Morgan fingerprint density at radius 1 is 1.47 bits per heavy atom. The number of aryl methyl sites for hydroxylation is 1. The van der Waals surface area contributed by atoms with Gasteiger partial charge in [-0.25, -0.2) is 8.42 Å². The second-order valence-electron chi connectivity index (χ2n) is 3.91. The van der Waals surface area contributed by atoms with Gasteiger partial charge in [0.1, 0.15) is 10.7 Å². The van der Waals surface area contributed by atoms with Crippen molar-refractivity contribution in [2.75, 3.05) is 10.5 Å². The van der Waals surface area contributed by atoms with Crippen molar-refractivity contribution in [3.05, 3.63) is 35.0 Å². The molecule has 102 valence electrons. The molecule has 0 atom stereocenters. The molecule has 0 fully saturated rings. The van der Waals surface area contributed by atoms with Crippen LogP contribution in [0.4, 0.5) is 11.5 Å². The van der Waals surface area contributed by atoms with E-state index >= 15 is 0 Å². The Morgan fingerprint density at radius 2 is 2.21 bits per heavy atom. The Morgan fingerprint density at radius 3 is 2.89 bits per heavy atom. The summed E-state index contributed by atoms with van der Waals surface area (Å²) in [5, 5.41) is 6.70. The van der Waals surface area contributed by atoms with Crippen molar-refractivity contribution < 1.29 is 8.42 Å². The third-order valence-electron chi connectivity index (χ3n) is 2.60. The number of nitrogen functional groups attached to an aromatic ring is 1. The predicted octanol–water partition coefficient (Wildman–Crippen LogP) is 2.01. The lowest BCUT2D eigenvalue weighted by atomic mass is 10.3. The minimum absolute atomic E-state index is 0.0587. The molecule has 0 saturated heterocycles. The first kappa shape index (κ1) is 13.7. The summed E-state index contributed by atoms with van der Waals surface area (Å²) in [4.78, 5) is -0.0587. The van der Waals surface area contributed by atoms with Crippen molar-refractivity contribution in [3.8, 4) is 0 Å². The quantitative estimate of drug-likeness (QED) is 0.752. The number of anilines is 2. The van der Waals surface area contributed by atoms with E-state index in [0.717, 1.165) is 5.56 Å². The van der Waals surface area contributed by atoms with Gasteiger partial charge in [0.05, 0.1) is 11.9 Å². The standard InChI is InChI=1S/C11H13ClN4O2S/c1-2-7-6-14-15-11(7)16-19(17,18)10-5-8(12)3-4-9(10)13/h3-6H,2,13H2,1H3,(H2,14,15,16). The van der Waals surface area contributed by atoms with E-state index in [4.69, 9.17) is 17.3 Å². The van der Waals surface area contributed by atoms with Crippen LogP contribution in [0, 0.1) is 0 Å². The SMILES string of the molecule is CCc1cn[nH]c1NS(=O)(=O)c1cc(Cl)ccc1N. The van der Waals surface area contributed by atoms with Crippen molar-refractivity contribution in [1.29, 1.82) is 0 Å². The number of hydrogen-bond acceptors (Lipinski definition) is 4. The van der Waals surface area contributed by atoms with E-state index in [0.29, 0.717) is 17.3 Å². The Kier molecular flexibility index (Phi) is 3.68. The van der Waals surface area contributed by atoms with E-state index in [2.05, 4.69) is 14.9 Å². The first-order valence-electron chi connectivity index (χ1n) is 5.54. The van der Waals surface area contributed by atoms with Gasteiger partial charge >= 0.3 is 0 Å². The van der Waals surface area contributed by atoms with Crippen LogP contribution in [0.15, 0.2) is 29.3 Å². The molecule has 2 rings (SSSR count). The van der Waals surface area contributed by atoms with Gasteiger partial charge < -0.3 is 5.73 Å². The average molecular weight is 301 g/mol. The molecule has 19 heavy (non-hydrogen) atoms. The smallest absolute Gasteiger partial charge is 0.265 e. The second-order valence-corrected chi connectivity index (χ2v) is 6.00. The molecule has 1 aromatic heterocycles. The minimum atomic E-state index is -3.80. The Labute approximate surface area is 116 Å². The Hall–Kier alpha value is -1.73. The Balaban J connectivity index is 2.41. The van der Waals surface area contributed by atoms with Crippen molar-refractivity contribution in [2.24, 2.45) is 0 Å². The van der Waals surface area contributed by atoms with Crippen LogP contribution >= 0.6 is 11.6 Å². The molecule has 4 N–H and O–H groups in total. The summed E-state index contributed by atoms with van der Waals surface area (Å²) in [6.45, 7) is 1.90. The fourth-order valence-electron chi connectivity index (χ4n) is 1.60. The maximum absolute atomic E-state index is 12.2. The normalized spacial score (nSPS) is 11.5. The number of nitrogens with two attached hydrogens (primary N) is 1. The number of hydrogen-bond donors (Lipinski definition) is 3. The molecular weight excluding hydrogens is 288 g/mol. The summed E-state index contributed by atoms with van der Waals surface area (Å²) in [6, 6.07) is 4.29. The number of rotatable bonds is 4. The van der Waals surface area contributed by atoms with Crippen LogP contribution in [0.3, 0.4) is 0 Å². The van der Waals surface area contributed by atoms with E-state index in [1.807, 2.05) is 6.92 Å². The van der Waals surface area contributed by atoms with Gasteiger partial charge in [0.15, 0.2) is 0 Å². The van der Waals surface area contributed by atoms with Crippen LogP contribution in [0.5, 0.6) is 0 Å². The number of sulfonamides is 1. The molecule has 0 saturated carbocycles. The summed E-state index contributed by atoms with van der Waals surface area (Å²) in [5.41, 5.74) is 6.57. The van der Waals surface area contributed by atoms with Gasteiger partial charge in [0, 0.05) is 10.6 Å². The average Bonchev–Trinajstić information content (AvgIpc) is 2.78. The van der Waals surface area contributed by atoms with Gasteiger partial charge in [-0.05, 0) is 24.6 Å². The highest BCUT2D eigenvalue weighted by Gasteiger charge is 2.20. The molecule has 2 aromatic rings. The van der Waals surface area contributed by atoms with E-state index < -0.39 is 10.0 Å². The number of benzene rings is 1. The zero-order valence-electron chi connectivity index (χ0n) is 10.1. The van der Waals surface area contributed by atoms with Crippen molar-refractivity contribution in [2.45, 2.75) is 18.2 Å². The van der Waals surface area contributed by atoms with Gasteiger partial charge in [-0.1, -0.05) is 18.5 Å².